The van der Waals surface area contributed by atoms with Crippen molar-refractivity contribution in [1.29, 1.82) is 0 Å². The van der Waals surface area contributed by atoms with Gasteiger partial charge >= 0.3 is 0 Å². The van der Waals surface area contributed by atoms with Gasteiger partial charge in [-0.25, -0.2) is 9.37 Å². The molecule has 0 aliphatic rings. The third kappa shape index (κ3) is 3.92. The molecule has 0 unspecified atom stereocenters. The van der Waals surface area contributed by atoms with Crippen LogP contribution in [0.1, 0.15) is 0 Å². The average molecular weight is 264 g/mol. The lowest BCUT2D eigenvalue weighted by Gasteiger charge is -2.05. The summed E-state index contributed by atoms with van der Waals surface area (Å²) in [6.07, 6.45) is 1.73. The van der Waals surface area contributed by atoms with E-state index in [2.05, 4.69) is 4.98 Å². The third-order valence-corrected chi connectivity index (χ3v) is 3.14. The first-order chi connectivity index (χ1) is 8.74. The SMILES string of the molecule is Nc1ccc(SCCOc2ccc(F)cc2)cn1. The quantitative estimate of drug-likeness (QED) is 0.666. The van der Waals surface area contributed by atoms with Crippen LogP contribution < -0.4 is 10.5 Å². The van der Waals surface area contributed by atoms with Crippen LogP contribution in [0.4, 0.5) is 10.2 Å². The Morgan fingerprint density at radius 2 is 1.94 bits per heavy atom. The molecule has 0 aliphatic carbocycles. The molecule has 0 spiro atoms. The molecular formula is C13H13FN2OS. The lowest BCUT2D eigenvalue weighted by Crippen LogP contribution is -2.00. The van der Waals surface area contributed by atoms with E-state index in [0.717, 1.165) is 10.6 Å². The molecule has 1 heterocycles. The van der Waals surface area contributed by atoms with Crippen molar-refractivity contribution in [1.82, 2.24) is 4.98 Å². The first-order valence-electron chi connectivity index (χ1n) is 5.47. The molecule has 18 heavy (non-hydrogen) atoms. The lowest BCUT2D eigenvalue weighted by molar-refractivity contribution is 0.343. The maximum Gasteiger partial charge on any atom is 0.123 e. The number of anilines is 1. The minimum absolute atomic E-state index is 0.260. The zero-order valence-corrected chi connectivity index (χ0v) is 10.5. The summed E-state index contributed by atoms with van der Waals surface area (Å²) < 4.78 is 18.1. The highest BCUT2D eigenvalue weighted by molar-refractivity contribution is 7.99. The Hall–Kier alpha value is -1.75. The number of rotatable bonds is 5. The van der Waals surface area contributed by atoms with Crippen molar-refractivity contribution in [2.45, 2.75) is 4.90 Å². The summed E-state index contributed by atoms with van der Waals surface area (Å²) in [6, 6.07) is 9.68. The molecule has 1 aromatic carbocycles. The van der Waals surface area contributed by atoms with E-state index >= 15 is 0 Å². The lowest BCUT2D eigenvalue weighted by atomic mass is 10.3. The normalized spacial score (nSPS) is 10.3. The van der Waals surface area contributed by atoms with E-state index in [9.17, 15) is 4.39 Å². The Kier molecular flexibility index (Phi) is 4.41. The molecule has 0 bridgehead atoms. The molecule has 0 radical (unpaired) electrons. The minimum atomic E-state index is -0.260. The van der Waals surface area contributed by atoms with Crippen LogP contribution in [0.3, 0.4) is 0 Å². The van der Waals surface area contributed by atoms with Gasteiger partial charge in [0.15, 0.2) is 0 Å². The number of hydrogen-bond acceptors (Lipinski definition) is 4. The van der Waals surface area contributed by atoms with Crippen molar-refractivity contribution < 1.29 is 9.13 Å². The van der Waals surface area contributed by atoms with Gasteiger partial charge in [0.05, 0.1) is 6.61 Å². The second-order valence-electron chi connectivity index (χ2n) is 3.57. The van der Waals surface area contributed by atoms with Gasteiger partial charge in [-0.1, -0.05) is 0 Å². The molecule has 5 heteroatoms. The molecule has 2 N–H and O–H groups in total. The van der Waals surface area contributed by atoms with Crippen molar-refractivity contribution in [2.24, 2.45) is 0 Å². The van der Waals surface area contributed by atoms with E-state index in [1.165, 1.54) is 12.1 Å². The zero-order chi connectivity index (χ0) is 12.8. The second kappa shape index (κ2) is 6.26. The Balaban J connectivity index is 1.73. The van der Waals surface area contributed by atoms with Gasteiger partial charge in [-0.2, -0.15) is 0 Å². The number of halogens is 1. The summed E-state index contributed by atoms with van der Waals surface area (Å²) in [5.74, 6) is 1.72. The van der Waals surface area contributed by atoms with Gasteiger partial charge in [-0.15, -0.1) is 11.8 Å². The first kappa shape index (κ1) is 12.7. The summed E-state index contributed by atoms with van der Waals surface area (Å²) in [6.45, 7) is 0.556. The standard InChI is InChI=1S/C13H13FN2OS/c14-10-1-3-11(4-2-10)17-7-8-18-12-5-6-13(15)16-9-12/h1-6,9H,7-8H2,(H2,15,16). The van der Waals surface area contributed by atoms with Crippen molar-refractivity contribution in [3.8, 4) is 5.75 Å². The predicted octanol–water partition coefficient (Wildman–Crippen LogP) is 2.97. The molecule has 2 aromatic rings. The number of nitrogens with zero attached hydrogens (tertiary/aromatic N) is 1. The van der Waals surface area contributed by atoms with Gasteiger partial charge in [0.1, 0.15) is 17.4 Å². The zero-order valence-electron chi connectivity index (χ0n) is 9.67. The number of nitrogens with two attached hydrogens (primary N) is 1. The van der Waals surface area contributed by atoms with Gasteiger partial charge in [-0.3, -0.25) is 0 Å². The molecular weight excluding hydrogens is 251 g/mol. The van der Waals surface area contributed by atoms with Crippen molar-refractivity contribution in [2.75, 3.05) is 18.1 Å². The van der Waals surface area contributed by atoms with Crippen LogP contribution in [0.5, 0.6) is 5.75 Å². The average Bonchev–Trinajstić information content (AvgIpc) is 2.39. The fourth-order valence-corrected chi connectivity index (χ4v) is 2.02. The smallest absolute Gasteiger partial charge is 0.123 e. The van der Waals surface area contributed by atoms with E-state index in [4.69, 9.17) is 10.5 Å². The van der Waals surface area contributed by atoms with Crippen LogP contribution in [-0.4, -0.2) is 17.3 Å². The Morgan fingerprint density at radius 1 is 1.17 bits per heavy atom. The number of hydrogen-bond donors (Lipinski definition) is 1. The molecule has 94 valence electrons. The second-order valence-corrected chi connectivity index (χ2v) is 4.74. The topological polar surface area (TPSA) is 48.1 Å². The van der Waals surface area contributed by atoms with E-state index in [0.29, 0.717) is 18.2 Å². The van der Waals surface area contributed by atoms with Crippen LogP contribution in [-0.2, 0) is 0 Å². The Bertz CT molecular complexity index is 440. The minimum Gasteiger partial charge on any atom is -0.493 e. The number of aromatic nitrogens is 1. The van der Waals surface area contributed by atoms with Crippen LogP contribution in [0.2, 0.25) is 0 Å². The predicted molar refractivity (Wildman–Crippen MR) is 71.3 cm³/mol. The van der Waals surface area contributed by atoms with E-state index in [1.54, 1.807) is 36.2 Å². The van der Waals surface area contributed by atoms with Crippen molar-refractivity contribution in [3.05, 3.63) is 48.4 Å². The molecule has 0 aliphatic heterocycles. The maximum absolute atomic E-state index is 12.7. The fraction of sp³-hybridized carbons (Fsp3) is 0.154. The van der Waals surface area contributed by atoms with Crippen molar-refractivity contribution >= 4 is 17.6 Å². The summed E-state index contributed by atoms with van der Waals surface area (Å²) in [4.78, 5) is 5.05. The van der Waals surface area contributed by atoms with Crippen LogP contribution in [0.25, 0.3) is 0 Å². The molecule has 1 aromatic heterocycles. The molecule has 0 saturated carbocycles. The summed E-state index contributed by atoms with van der Waals surface area (Å²) in [5.41, 5.74) is 5.49. The third-order valence-electron chi connectivity index (χ3n) is 2.19. The molecule has 0 saturated heterocycles. The monoisotopic (exact) mass is 264 g/mol. The van der Waals surface area contributed by atoms with E-state index in [-0.39, 0.29) is 5.82 Å². The van der Waals surface area contributed by atoms with Gasteiger partial charge < -0.3 is 10.5 Å². The number of nitrogen functional groups attached to an aromatic ring is 1. The molecule has 2 rings (SSSR count). The Morgan fingerprint density at radius 3 is 2.61 bits per heavy atom. The van der Waals surface area contributed by atoms with Crippen LogP contribution in [0.15, 0.2) is 47.5 Å². The van der Waals surface area contributed by atoms with Gasteiger partial charge in [-0.05, 0) is 36.4 Å². The number of pyridine rings is 1. The number of thioether (sulfide) groups is 1. The van der Waals surface area contributed by atoms with E-state index < -0.39 is 0 Å². The number of ether oxygens (including phenoxy) is 1. The Labute approximate surface area is 109 Å². The largest absolute Gasteiger partial charge is 0.493 e. The molecule has 0 atom stereocenters. The van der Waals surface area contributed by atoms with Gasteiger partial charge in [0.25, 0.3) is 0 Å². The molecule has 3 nitrogen and oxygen atoms in total. The first-order valence-corrected chi connectivity index (χ1v) is 6.45. The molecule has 0 fully saturated rings. The van der Waals surface area contributed by atoms with Gasteiger partial charge in [0.2, 0.25) is 0 Å². The summed E-state index contributed by atoms with van der Waals surface area (Å²) in [5, 5.41) is 0. The summed E-state index contributed by atoms with van der Waals surface area (Å²) in [7, 11) is 0. The van der Waals surface area contributed by atoms with Crippen LogP contribution >= 0.6 is 11.8 Å². The highest BCUT2D eigenvalue weighted by atomic mass is 32.2. The molecule has 0 amide bonds. The van der Waals surface area contributed by atoms with Crippen LogP contribution in [0, 0.1) is 5.82 Å². The van der Waals surface area contributed by atoms with E-state index in [1.807, 2.05) is 6.07 Å². The fourth-order valence-electron chi connectivity index (χ4n) is 1.33. The highest BCUT2D eigenvalue weighted by Crippen LogP contribution is 2.18. The maximum atomic E-state index is 12.7. The summed E-state index contributed by atoms with van der Waals surface area (Å²) >= 11 is 1.63. The van der Waals surface area contributed by atoms with Crippen molar-refractivity contribution in [3.63, 3.8) is 0 Å². The van der Waals surface area contributed by atoms with Gasteiger partial charge in [0, 0.05) is 16.8 Å². The highest BCUT2D eigenvalue weighted by Gasteiger charge is 1.97. The number of benzene rings is 1.